The number of aromatic amines is 1. The molecule has 0 saturated carbocycles. The predicted molar refractivity (Wildman–Crippen MR) is 114 cm³/mol. The second-order valence-corrected chi connectivity index (χ2v) is 7.73. The van der Waals surface area contributed by atoms with Crippen LogP contribution in [0.1, 0.15) is 30.0 Å². The fraction of sp³-hybridized carbons (Fsp3) is 0.348. The lowest BCUT2D eigenvalue weighted by atomic mass is 10.1. The molecule has 2 heterocycles. The van der Waals surface area contributed by atoms with Gasteiger partial charge < -0.3 is 19.5 Å². The number of H-pyrrole nitrogens is 1. The van der Waals surface area contributed by atoms with E-state index in [2.05, 4.69) is 9.97 Å². The summed E-state index contributed by atoms with van der Waals surface area (Å²) in [6, 6.07) is 14.8. The molecular formula is C23H26N4O3. The van der Waals surface area contributed by atoms with Crippen LogP contribution in [0.3, 0.4) is 0 Å². The summed E-state index contributed by atoms with van der Waals surface area (Å²) >= 11 is 0. The second-order valence-electron chi connectivity index (χ2n) is 7.73. The van der Waals surface area contributed by atoms with Crippen molar-refractivity contribution in [2.45, 2.75) is 32.9 Å². The molecule has 30 heavy (non-hydrogen) atoms. The zero-order chi connectivity index (χ0) is 21.3. The molecule has 7 nitrogen and oxygen atoms in total. The Morgan fingerprint density at radius 3 is 2.63 bits per heavy atom. The van der Waals surface area contributed by atoms with Gasteiger partial charge in [0, 0.05) is 31.2 Å². The first-order valence-electron chi connectivity index (χ1n) is 10.2. The Morgan fingerprint density at radius 2 is 1.90 bits per heavy atom. The van der Waals surface area contributed by atoms with Gasteiger partial charge in [-0.2, -0.15) is 0 Å². The molecule has 3 aromatic rings. The number of carbonyl (C=O) groups excluding carboxylic acids is 2. The highest BCUT2D eigenvalue weighted by molar-refractivity contribution is 5.94. The topological polar surface area (TPSA) is 78.5 Å². The molecule has 1 unspecified atom stereocenters. The van der Waals surface area contributed by atoms with Crippen LogP contribution in [-0.4, -0.2) is 63.4 Å². The second kappa shape index (κ2) is 8.18. The molecule has 7 heteroatoms. The molecule has 1 N–H and O–H groups in total. The van der Waals surface area contributed by atoms with Crippen LogP contribution >= 0.6 is 0 Å². The Hall–Kier alpha value is -3.35. The summed E-state index contributed by atoms with van der Waals surface area (Å²) in [5.74, 6) is 1.30. The van der Waals surface area contributed by atoms with E-state index < -0.39 is 6.10 Å². The third-order valence-electron chi connectivity index (χ3n) is 5.46. The molecule has 4 rings (SSSR count). The lowest BCUT2D eigenvalue weighted by Crippen LogP contribution is -2.57. The molecule has 1 aromatic heterocycles. The van der Waals surface area contributed by atoms with Crippen LogP contribution in [0.2, 0.25) is 0 Å². The number of benzene rings is 2. The molecule has 0 radical (unpaired) electrons. The standard InChI is InChI=1S/C23H26N4O3/c1-15-14-26(23(29)18-8-5-4-6-9-18)12-13-27(15)22(28)16(2)30-20-11-7-10-19-21(20)25-17(3)24-19/h4-11,15-16H,12-14H2,1-3H3,(H,24,25)/t15-,16?/m1/s1. The Kier molecular flexibility index (Phi) is 5.44. The van der Waals surface area contributed by atoms with E-state index >= 15 is 0 Å². The summed E-state index contributed by atoms with van der Waals surface area (Å²) in [5.41, 5.74) is 2.27. The molecule has 156 valence electrons. The van der Waals surface area contributed by atoms with E-state index in [1.807, 2.05) is 67.3 Å². The number of para-hydroxylation sites is 1. The van der Waals surface area contributed by atoms with Crippen LogP contribution in [-0.2, 0) is 4.79 Å². The fourth-order valence-corrected chi connectivity index (χ4v) is 3.93. The van der Waals surface area contributed by atoms with Crippen molar-refractivity contribution in [2.24, 2.45) is 0 Å². The van der Waals surface area contributed by atoms with Crippen molar-refractivity contribution in [3.8, 4) is 5.75 Å². The third kappa shape index (κ3) is 3.87. The summed E-state index contributed by atoms with van der Waals surface area (Å²) in [5, 5.41) is 0. The largest absolute Gasteiger partial charge is 0.479 e. The fourth-order valence-electron chi connectivity index (χ4n) is 3.93. The van der Waals surface area contributed by atoms with Gasteiger partial charge >= 0.3 is 0 Å². The van der Waals surface area contributed by atoms with Gasteiger partial charge in [0.15, 0.2) is 6.10 Å². The highest BCUT2D eigenvalue weighted by Gasteiger charge is 2.33. The van der Waals surface area contributed by atoms with Crippen LogP contribution in [0, 0.1) is 6.92 Å². The van der Waals surface area contributed by atoms with Crippen LogP contribution in [0.4, 0.5) is 0 Å². The zero-order valence-electron chi connectivity index (χ0n) is 17.5. The molecule has 0 aliphatic carbocycles. The minimum Gasteiger partial charge on any atom is -0.479 e. The van der Waals surface area contributed by atoms with Gasteiger partial charge in [-0.05, 0) is 45.0 Å². The third-order valence-corrected chi connectivity index (χ3v) is 5.46. The SMILES string of the molecule is Cc1nc2c(OC(C)C(=O)N3CCN(C(=O)c4ccccc4)C[C@H]3C)cccc2[nH]1. The van der Waals surface area contributed by atoms with E-state index in [9.17, 15) is 9.59 Å². The van der Waals surface area contributed by atoms with Gasteiger partial charge in [-0.15, -0.1) is 0 Å². The van der Waals surface area contributed by atoms with Crippen molar-refractivity contribution in [1.29, 1.82) is 0 Å². The zero-order valence-corrected chi connectivity index (χ0v) is 17.5. The van der Waals surface area contributed by atoms with Crippen LogP contribution in [0.5, 0.6) is 5.75 Å². The molecule has 2 atom stereocenters. The lowest BCUT2D eigenvalue weighted by Gasteiger charge is -2.40. The Morgan fingerprint density at radius 1 is 1.13 bits per heavy atom. The van der Waals surface area contributed by atoms with E-state index in [-0.39, 0.29) is 17.9 Å². The average Bonchev–Trinajstić information content (AvgIpc) is 3.14. The smallest absolute Gasteiger partial charge is 0.263 e. The number of piperazine rings is 1. The van der Waals surface area contributed by atoms with Gasteiger partial charge in [0.25, 0.3) is 11.8 Å². The van der Waals surface area contributed by atoms with Gasteiger partial charge in [0.05, 0.1) is 5.52 Å². The Labute approximate surface area is 175 Å². The molecule has 1 fully saturated rings. The van der Waals surface area contributed by atoms with Crippen molar-refractivity contribution < 1.29 is 14.3 Å². The monoisotopic (exact) mass is 406 g/mol. The molecule has 2 amide bonds. The maximum atomic E-state index is 13.1. The molecule has 0 bridgehead atoms. The number of aromatic nitrogens is 2. The molecule has 0 spiro atoms. The average molecular weight is 406 g/mol. The van der Waals surface area contributed by atoms with Crippen LogP contribution in [0.15, 0.2) is 48.5 Å². The highest BCUT2D eigenvalue weighted by atomic mass is 16.5. The van der Waals surface area contributed by atoms with Gasteiger partial charge in [0.2, 0.25) is 0 Å². The molecule has 1 aliphatic rings. The molecular weight excluding hydrogens is 380 g/mol. The van der Waals surface area contributed by atoms with Crippen molar-refractivity contribution in [3.05, 3.63) is 59.9 Å². The van der Waals surface area contributed by atoms with Crippen molar-refractivity contribution in [2.75, 3.05) is 19.6 Å². The number of nitrogens with zero attached hydrogens (tertiary/aromatic N) is 3. The number of carbonyl (C=O) groups is 2. The van der Waals surface area contributed by atoms with Crippen molar-refractivity contribution >= 4 is 22.8 Å². The Bertz CT molecular complexity index is 1060. The quantitative estimate of drug-likeness (QED) is 0.722. The number of hydrogen-bond donors (Lipinski definition) is 1. The summed E-state index contributed by atoms with van der Waals surface area (Å²) < 4.78 is 5.99. The van der Waals surface area contributed by atoms with E-state index in [4.69, 9.17) is 4.74 Å². The highest BCUT2D eigenvalue weighted by Crippen LogP contribution is 2.25. The Balaban J connectivity index is 1.42. The van der Waals surface area contributed by atoms with Gasteiger partial charge in [-0.1, -0.05) is 24.3 Å². The molecule has 1 aliphatic heterocycles. The first-order chi connectivity index (χ1) is 14.4. The number of amides is 2. The molecule has 2 aromatic carbocycles. The summed E-state index contributed by atoms with van der Waals surface area (Å²) in [6.07, 6.45) is -0.647. The molecule has 1 saturated heterocycles. The van der Waals surface area contributed by atoms with Gasteiger partial charge in [0.1, 0.15) is 17.1 Å². The van der Waals surface area contributed by atoms with Crippen molar-refractivity contribution in [3.63, 3.8) is 0 Å². The van der Waals surface area contributed by atoms with E-state index in [1.165, 1.54) is 0 Å². The number of hydrogen-bond acceptors (Lipinski definition) is 4. The number of imidazole rings is 1. The van der Waals surface area contributed by atoms with E-state index in [1.54, 1.807) is 11.8 Å². The van der Waals surface area contributed by atoms with E-state index in [0.717, 1.165) is 16.9 Å². The van der Waals surface area contributed by atoms with E-state index in [0.29, 0.717) is 30.9 Å². The first kappa shape index (κ1) is 19.9. The summed E-state index contributed by atoms with van der Waals surface area (Å²) in [4.78, 5) is 37.0. The number of aryl methyl sites for hydroxylation is 1. The van der Waals surface area contributed by atoms with Gasteiger partial charge in [-0.25, -0.2) is 4.98 Å². The summed E-state index contributed by atoms with van der Waals surface area (Å²) in [6.45, 7) is 7.10. The van der Waals surface area contributed by atoms with Crippen LogP contribution in [0.25, 0.3) is 11.0 Å². The lowest BCUT2D eigenvalue weighted by molar-refractivity contribution is -0.142. The predicted octanol–water partition coefficient (Wildman–Crippen LogP) is 3.01. The number of nitrogens with one attached hydrogen (secondary N) is 1. The van der Waals surface area contributed by atoms with Crippen LogP contribution < -0.4 is 4.74 Å². The van der Waals surface area contributed by atoms with Crippen molar-refractivity contribution in [1.82, 2.24) is 19.8 Å². The number of rotatable bonds is 4. The minimum atomic E-state index is -0.647. The normalized spacial score (nSPS) is 17.8. The number of fused-ring (bicyclic) bond motifs is 1. The minimum absolute atomic E-state index is 0.000530. The maximum Gasteiger partial charge on any atom is 0.263 e. The van der Waals surface area contributed by atoms with Gasteiger partial charge in [-0.3, -0.25) is 9.59 Å². The first-order valence-corrected chi connectivity index (χ1v) is 10.2. The maximum absolute atomic E-state index is 13.1. The number of ether oxygens (including phenoxy) is 1. The summed E-state index contributed by atoms with van der Waals surface area (Å²) in [7, 11) is 0.